The summed E-state index contributed by atoms with van der Waals surface area (Å²) in [7, 11) is 0. The Morgan fingerprint density at radius 1 is 0.833 bits per heavy atom. The number of nitrogens with one attached hydrogen (secondary N) is 1. The molecule has 3 rings (SSSR count). The highest BCUT2D eigenvalue weighted by molar-refractivity contribution is 6.04. The summed E-state index contributed by atoms with van der Waals surface area (Å²) in [6, 6.07) is 16.4. The summed E-state index contributed by atoms with van der Waals surface area (Å²) in [5, 5.41) is 3.05. The summed E-state index contributed by atoms with van der Waals surface area (Å²) in [5.41, 5.74) is 4.26. The molecule has 30 heavy (non-hydrogen) atoms. The number of benzene rings is 2. The molecule has 0 bridgehead atoms. The Balaban J connectivity index is 1.60. The van der Waals surface area contributed by atoms with Crippen LogP contribution in [-0.4, -0.2) is 42.9 Å². The van der Waals surface area contributed by atoms with E-state index in [4.69, 9.17) is 0 Å². The molecular weight excluding hydrogens is 374 g/mol. The normalized spacial score (nSPS) is 14.3. The van der Waals surface area contributed by atoms with Gasteiger partial charge in [-0.1, -0.05) is 64.1 Å². The Morgan fingerprint density at radius 2 is 1.40 bits per heavy atom. The predicted molar refractivity (Wildman–Crippen MR) is 123 cm³/mol. The number of hydrogen-bond donors (Lipinski definition) is 1. The smallest absolute Gasteiger partial charge is 0.233 e. The molecule has 1 fully saturated rings. The molecule has 1 N–H and O–H groups in total. The van der Waals surface area contributed by atoms with Gasteiger partial charge in [-0.05, 0) is 35.1 Å². The summed E-state index contributed by atoms with van der Waals surface area (Å²) in [6.45, 7) is 11.3. The maximum Gasteiger partial charge on any atom is 0.233 e. The largest absolute Gasteiger partial charge is 0.368 e. The number of anilines is 2. The Morgan fingerprint density at radius 3 is 1.93 bits per heavy atom. The van der Waals surface area contributed by atoms with Gasteiger partial charge in [-0.2, -0.15) is 0 Å². The monoisotopic (exact) mass is 407 g/mol. The molecule has 2 amide bonds. The molecule has 2 aromatic carbocycles. The maximum atomic E-state index is 12.7. The minimum absolute atomic E-state index is 0.103. The van der Waals surface area contributed by atoms with Crippen molar-refractivity contribution in [2.45, 2.75) is 46.0 Å². The van der Waals surface area contributed by atoms with Gasteiger partial charge in [-0.25, -0.2) is 0 Å². The van der Waals surface area contributed by atoms with Crippen LogP contribution in [0.4, 0.5) is 11.4 Å². The van der Waals surface area contributed by atoms with Crippen LogP contribution in [0, 0.1) is 0 Å². The van der Waals surface area contributed by atoms with Crippen molar-refractivity contribution in [3.05, 3.63) is 59.7 Å². The van der Waals surface area contributed by atoms with Crippen LogP contribution in [-0.2, 0) is 9.59 Å². The minimum atomic E-state index is -0.236. The van der Waals surface area contributed by atoms with E-state index in [-0.39, 0.29) is 18.2 Å². The Labute approximate surface area is 180 Å². The van der Waals surface area contributed by atoms with Crippen LogP contribution in [0.25, 0.3) is 0 Å². The lowest BCUT2D eigenvalue weighted by Gasteiger charge is -2.36. The van der Waals surface area contributed by atoms with Gasteiger partial charge in [0, 0.05) is 37.6 Å². The van der Waals surface area contributed by atoms with E-state index < -0.39 is 0 Å². The van der Waals surface area contributed by atoms with Crippen molar-refractivity contribution in [1.82, 2.24) is 4.90 Å². The van der Waals surface area contributed by atoms with E-state index in [1.165, 1.54) is 5.69 Å². The zero-order valence-electron chi connectivity index (χ0n) is 18.5. The van der Waals surface area contributed by atoms with Crippen molar-refractivity contribution < 1.29 is 9.59 Å². The predicted octanol–water partition coefficient (Wildman–Crippen LogP) is 4.61. The first-order chi connectivity index (χ1) is 14.4. The molecule has 0 unspecified atom stereocenters. The molecule has 0 saturated carbocycles. The fourth-order valence-corrected chi connectivity index (χ4v) is 3.98. The Hall–Kier alpha value is -2.82. The summed E-state index contributed by atoms with van der Waals surface area (Å²) >= 11 is 0. The van der Waals surface area contributed by atoms with Crippen molar-refractivity contribution in [1.29, 1.82) is 0 Å². The lowest BCUT2D eigenvalue weighted by molar-refractivity contribution is -0.134. The Kier molecular flexibility index (Phi) is 7.14. The second-order valence-corrected chi connectivity index (χ2v) is 8.55. The molecule has 1 aliphatic heterocycles. The molecule has 160 valence electrons. The van der Waals surface area contributed by atoms with Crippen LogP contribution in [0.3, 0.4) is 0 Å². The third-order valence-corrected chi connectivity index (χ3v) is 5.70. The number of amides is 2. The lowest BCUT2D eigenvalue weighted by Crippen LogP contribution is -2.49. The van der Waals surface area contributed by atoms with Crippen molar-refractivity contribution in [2.75, 3.05) is 36.4 Å². The highest BCUT2D eigenvalue weighted by Crippen LogP contribution is 2.32. The fourth-order valence-electron chi connectivity index (χ4n) is 3.98. The highest BCUT2D eigenvalue weighted by Gasteiger charge is 2.24. The average molecular weight is 408 g/mol. The number of carbonyl (C=O) groups is 2. The van der Waals surface area contributed by atoms with Gasteiger partial charge in [0.2, 0.25) is 11.8 Å². The SMILES string of the molecule is CC(C)c1cccc(C(C)C)c1NC(=O)CC(=O)N1CCN(c2ccccc2)CC1. The van der Waals surface area contributed by atoms with Crippen molar-refractivity contribution in [3.63, 3.8) is 0 Å². The lowest BCUT2D eigenvalue weighted by atomic mass is 9.92. The topological polar surface area (TPSA) is 52.7 Å². The molecule has 2 aromatic rings. The standard InChI is InChI=1S/C25H33N3O2/c1-18(2)21-11-8-12-22(19(3)4)25(21)26-23(29)17-24(30)28-15-13-27(14-16-28)20-9-6-5-7-10-20/h5-12,18-19H,13-17H2,1-4H3,(H,26,29). The van der Waals surface area contributed by atoms with E-state index in [2.05, 4.69) is 62.2 Å². The molecule has 5 nitrogen and oxygen atoms in total. The van der Waals surface area contributed by atoms with Gasteiger partial charge < -0.3 is 15.1 Å². The van der Waals surface area contributed by atoms with Crippen molar-refractivity contribution >= 4 is 23.2 Å². The van der Waals surface area contributed by atoms with Crippen LogP contribution in [0.1, 0.15) is 57.1 Å². The zero-order valence-corrected chi connectivity index (χ0v) is 18.5. The summed E-state index contributed by atoms with van der Waals surface area (Å²) in [6.07, 6.45) is -0.116. The third-order valence-electron chi connectivity index (χ3n) is 5.70. The summed E-state index contributed by atoms with van der Waals surface area (Å²) in [5.74, 6) is 0.246. The quantitative estimate of drug-likeness (QED) is 0.712. The van der Waals surface area contributed by atoms with Gasteiger partial charge in [0.15, 0.2) is 0 Å². The first kappa shape index (κ1) is 21.9. The van der Waals surface area contributed by atoms with E-state index in [1.54, 1.807) is 4.90 Å². The van der Waals surface area contributed by atoms with Crippen LogP contribution >= 0.6 is 0 Å². The van der Waals surface area contributed by atoms with E-state index in [0.717, 1.165) is 29.9 Å². The van der Waals surface area contributed by atoms with Gasteiger partial charge in [-0.3, -0.25) is 9.59 Å². The number of hydrogen-bond acceptors (Lipinski definition) is 3. The number of piperazine rings is 1. The molecular formula is C25H33N3O2. The van der Waals surface area contributed by atoms with Crippen LogP contribution in [0.2, 0.25) is 0 Å². The van der Waals surface area contributed by atoms with E-state index in [1.807, 2.05) is 24.3 Å². The van der Waals surface area contributed by atoms with Gasteiger partial charge in [0.25, 0.3) is 0 Å². The number of nitrogens with zero attached hydrogens (tertiary/aromatic N) is 2. The van der Waals surface area contributed by atoms with Crippen molar-refractivity contribution in [2.24, 2.45) is 0 Å². The molecule has 0 spiro atoms. The molecule has 0 radical (unpaired) electrons. The molecule has 1 heterocycles. The van der Waals surface area contributed by atoms with E-state index >= 15 is 0 Å². The van der Waals surface area contributed by atoms with Gasteiger partial charge in [-0.15, -0.1) is 0 Å². The van der Waals surface area contributed by atoms with Crippen molar-refractivity contribution in [3.8, 4) is 0 Å². The zero-order chi connectivity index (χ0) is 21.7. The van der Waals surface area contributed by atoms with Crippen LogP contribution in [0.15, 0.2) is 48.5 Å². The van der Waals surface area contributed by atoms with Gasteiger partial charge >= 0.3 is 0 Å². The van der Waals surface area contributed by atoms with Crippen LogP contribution in [0.5, 0.6) is 0 Å². The third kappa shape index (κ3) is 5.21. The van der Waals surface area contributed by atoms with Crippen LogP contribution < -0.4 is 10.2 Å². The van der Waals surface area contributed by atoms with E-state index in [9.17, 15) is 9.59 Å². The second kappa shape index (κ2) is 9.79. The number of para-hydroxylation sites is 2. The maximum absolute atomic E-state index is 12.7. The van der Waals surface area contributed by atoms with Gasteiger partial charge in [0.1, 0.15) is 6.42 Å². The molecule has 0 aliphatic carbocycles. The number of carbonyl (C=O) groups excluding carboxylic acids is 2. The molecule has 1 saturated heterocycles. The first-order valence-corrected chi connectivity index (χ1v) is 10.9. The second-order valence-electron chi connectivity index (χ2n) is 8.55. The average Bonchev–Trinajstić information content (AvgIpc) is 2.74. The summed E-state index contributed by atoms with van der Waals surface area (Å²) in [4.78, 5) is 29.5. The first-order valence-electron chi connectivity index (χ1n) is 10.9. The Bertz CT molecular complexity index is 843. The molecule has 5 heteroatoms. The van der Waals surface area contributed by atoms with E-state index in [0.29, 0.717) is 24.9 Å². The molecule has 1 aliphatic rings. The summed E-state index contributed by atoms with van der Waals surface area (Å²) < 4.78 is 0. The van der Waals surface area contributed by atoms with Gasteiger partial charge in [0.05, 0.1) is 0 Å². The highest BCUT2D eigenvalue weighted by atomic mass is 16.2. The fraction of sp³-hybridized carbons (Fsp3) is 0.440. The molecule has 0 atom stereocenters. The minimum Gasteiger partial charge on any atom is -0.368 e. The number of rotatable bonds is 6. The molecule has 0 aromatic heterocycles.